The van der Waals surface area contributed by atoms with E-state index in [2.05, 4.69) is 17.1 Å². The van der Waals surface area contributed by atoms with Crippen molar-refractivity contribution in [1.29, 1.82) is 0 Å². The van der Waals surface area contributed by atoms with Gasteiger partial charge in [0.05, 0.1) is 18.3 Å². The molecule has 1 aliphatic heterocycles. The number of hydrogen-bond donors (Lipinski definition) is 1. The summed E-state index contributed by atoms with van der Waals surface area (Å²) >= 11 is 1.47. The Bertz CT molecular complexity index is 874. The molecule has 0 bridgehead atoms. The van der Waals surface area contributed by atoms with Crippen molar-refractivity contribution in [2.75, 3.05) is 25.0 Å². The summed E-state index contributed by atoms with van der Waals surface area (Å²) in [7, 11) is 0. The van der Waals surface area contributed by atoms with Crippen LogP contribution >= 0.6 is 11.3 Å². The van der Waals surface area contributed by atoms with E-state index in [1.807, 2.05) is 13.8 Å². The van der Waals surface area contributed by atoms with E-state index < -0.39 is 0 Å². The van der Waals surface area contributed by atoms with E-state index in [0.29, 0.717) is 22.7 Å². The van der Waals surface area contributed by atoms with Crippen LogP contribution in [-0.4, -0.2) is 42.6 Å². The maximum Gasteiger partial charge on any atom is 0.341 e. The van der Waals surface area contributed by atoms with Crippen molar-refractivity contribution in [2.45, 2.75) is 46.8 Å². The number of nitrogens with one attached hydrogen (secondary N) is 1. The van der Waals surface area contributed by atoms with Gasteiger partial charge in [-0.2, -0.15) is 0 Å². The molecule has 0 fully saturated rings. The molecule has 0 radical (unpaired) electrons. The first-order chi connectivity index (χ1) is 13.9. The lowest BCUT2D eigenvalue weighted by Gasteiger charge is -2.25. The standard InChI is InChI=1S/C22H28N2O4S/c1-5-24-12-11-17-18(13-24)29-21(19(17)22(26)27-6-2)23-20(25)15-7-9-16(10-8-15)28-14(3)4/h7-10,14H,5-6,11-13H2,1-4H3,(H,23,25). The number of benzene rings is 1. The fourth-order valence-electron chi connectivity index (χ4n) is 3.37. The van der Waals surface area contributed by atoms with Gasteiger partial charge >= 0.3 is 5.97 Å². The molecule has 2 heterocycles. The normalized spacial score (nSPS) is 13.8. The molecule has 3 rings (SSSR count). The zero-order valence-electron chi connectivity index (χ0n) is 17.4. The van der Waals surface area contributed by atoms with Gasteiger partial charge in [-0.05, 0) is 63.6 Å². The molecule has 1 amide bonds. The highest BCUT2D eigenvalue weighted by Crippen LogP contribution is 2.38. The Labute approximate surface area is 175 Å². The summed E-state index contributed by atoms with van der Waals surface area (Å²) < 4.78 is 10.9. The molecule has 1 aromatic carbocycles. The molecule has 0 saturated heterocycles. The Kier molecular flexibility index (Phi) is 6.92. The van der Waals surface area contributed by atoms with Crippen LogP contribution in [0.25, 0.3) is 0 Å². The van der Waals surface area contributed by atoms with E-state index in [4.69, 9.17) is 9.47 Å². The molecule has 29 heavy (non-hydrogen) atoms. The van der Waals surface area contributed by atoms with Crippen molar-refractivity contribution < 1.29 is 19.1 Å². The molecule has 0 spiro atoms. The first-order valence-electron chi connectivity index (χ1n) is 10.0. The minimum absolute atomic E-state index is 0.0712. The van der Waals surface area contributed by atoms with Crippen molar-refractivity contribution in [3.8, 4) is 5.75 Å². The predicted molar refractivity (Wildman–Crippen MR) is 115 cm³/mol. The van der Waals surface area contributed by atoms with Crippen LogP contribution in [-0.2, 0) is 17.7 Å². The van der Waals surface area contributed by atoms with Crippen LogP contribution in [0.2, 0.25) is 0 Å². The van der Waals surface area contributed by atoms with Gasteiger partial charge in [0.15, 0.2) is 0 Å². The second kappa shape index (κ2) is 9.41. The van der Waals surface area contributed by atoms with Gasteiger partial charge in [-0.1, -0.05) is 6.92 Å². The SMILES string of the molecule is CCOC(=O)c1c(NC(=O)c2ccc(OC(C)C)cc2)sc2c1CCN(CC)C2. The largest absolute Gasteiger partial charge is 0.491 e. The summed E-state index contributed by atoms with van der Waals surface area (Å²) in [4.78, 5) is 28.9. The fourth-order valence-corrected chi connectivity index (χ4v) is 4.64. The second-order valence-electron chi connectivity index (χ2n) is 7.19. The predicted octanol–water partition coefficient (Wildman–Crippen LogP) is 4.34. The Morgan fingerprint density at radius 2 is 1.93 bits per heavy atom. The number of anilines is 1. The molecule has 0 saturated carbocycles. The highest BCUT2D eigenvalue weighted by Gasteiger charge is 2.29. The molecule has 1 N–H and O–H groups in total. The second-order valence-corrected chi connectivity index (χ2v) is 8.30. The zero-order valence-corrected chi connectivity index (χ0v) is 18.2. The molecule has 156 valence electrons. The first-order valence-corrected chi connectivity index (χ1v) is 10.9. The van der Waals surface area contributed by atoms with E-state index in [0.717, 1.165) is 42.2 Å². The summed E-state index contributed by atoms with van der Waals surface area (Å²) in [6.45, 7) is 10.8. The van der Waals surface area contributed by atoms with E-state index in [1.165, 1.54) is 11.3 Å². The van der Waals surface area contributed by atoms with Gasteiger partial charge in [-0.15, -0.1) is 11.3 Å². The minimum atomic E-state index is -0.370. The number of carbonyl (C=O) groups excluding carboxylic acids is 2. The van der Waals surface area contributed by atoms with E-state index in [9.17, 15) is 9.59 Å². The van der Waals surface area contributed by atoms with Crippen molar-refractivity contribution in [3.05, 3.63) is 45.8 Å². The minimum Gasteiger partial charge on any atom is -0.491 e. The monoisotopic (exact) mass is 416 g/mol. The number of ether oxygens (including phenoxy) is 2. The summed E-state index contributed by atoms with van der Waals surface area (Å²) in [5, 5.41) is 3.50. The number of carbonyl (C=O) groups is 2. The Morgan fingerprint density at radius 1 is 1.21 bits per heavy atom. The number of likely N-dealkylation sites (N-methyl/N-ethyl adjacent to an activating group) is 1. The van der Waals surface area contributed by atoms with Gasteiger partial charge < -0.3 is 14.8 Å². The lowest BCUT2D eigenvalue weighted by atomic mass is 10.0. The van der Waals surface area contributed by atoms with Gasteiger partial charge in [0.25, 0.3) is 5.91 Å². The average Bonchev–Trinajstić information content (AvgIpc) is 3.05. The zero-order chi connectivity index (χ0) is 21.0. The number of fused-ring (bicyclic) bond motifs is 1. The fraction of sp³-hybridized carbons (Fsp3) is 0.455. The number of nitrogens with zero attached hydrogens (tertiary/aromatic N) is 1. The van der Waals surface area contributed by atoms with Crippen LogP contribution in [0.15, 0.2) is 24.3 Å². The molecular formula is C22H28N2O4S. The smallest absolute Gasteiger partial charge is 0.341 e. The molecule has 0 unspecified atom stereocenters. The van der Waals surface area contributed by atoms with Crippen molar-refractivity contribution >= 4 is 28.2 Å². The number of rotatable bonds is 7. The van der Waals surface area contributed by atoms with Crippen LogP contribution in [0.3, 0.4) is 0 Å². The molecular weight excluding hydrogens is 388 g/mol. The van der Waals surface area contributed by atoms with Crippen molar-refractivity contribution in [3.63, 3.8) is 0 Å². The van der Waals surface area contributed by atoms with Gasteiger partial charge in [0.1, 0.15) is 10.8 Å². The van der Waals surface area contributed by atoms with E-state index >= 15 is 0 Å². The molecule has 2 aromatic rings. The summed E-state index contributed by atoms with van der Waals surface area (Å²) in [5.74, 6) is 0.0959. The average molecular weight is 417 g/mol. The lowest BCUT2D eigenvalue weighted by molar-refractivity contribution is 0.0526. The lowest BCUT2D eigenvalue weighted by Crippen LogP contribution is -2.30. The number of hydrogen-bond acceptors (Lipinski definition) is 6. The summed E-state index contributed by atoms with van der Waals surface area (Å²) in [6, 6.07) is 7.01. The third-order valence-corrected chi connectivity index (χ3v) is 5.91. The number of amides is 1. The van der Waals surface area contributed by atoms with Gasteiger partial charge in [0, 0.05) is 23.5 Å². The number of thiophene rings is 1. The van der Waals surface area contributed by atoms with Crippen LogP contribution in [0.5, 0.6) is 5.75 Å². The van der Waals surface area contributed by atoms with Crippen LogP contribution in [0.4, 0.5) is 5.00 Å². The van der Waals surface area contributed by atoms with Crippen LogP contribution < -0.4 is 10.1 Å². The Morgan fingerprint density at radius 3 is 2.55 bits per heavy atom. The number of esters is 1. The molecule has 0 atom stereocenters. The maximum absolute atomic E-state index is 12.8. The maximum atomic E-state index is 12.8. The molecule has 0 aliphatic carbocycles. The quantitative estimate of drug-likeness (QED) is 0.680. The third kappa shape index (κ3) is 4.97. The van der Waals surface area contributed by atoms with E-state index in [-0.39, 0.29) is 18.0 Å². The first kappa shape index (κ1) is 21.3. The van der Waals surface area contributed by atoms with Crippen molar-refractivity contribution in [1.82, 2.24) is 4.90 Å². The van der Waals surface area contributed by atoms with E-state index in [1.54, 1.807) is 31.2 Å². The highest BCUT2D eigenvalue weighted by atomic mass is 32.1. The Hall–Kier alpha value is -2.38. The molecule has 1 aliphatic rings. The van der Waals surface area contributed by atoms with Crippen LogP contribution in [0.1, 0.15) is 58.9 Å². The van der Waals surface area contributed by atoms with Crippen LogP contribution in [0, 0.1) is 0 Å². The molecule has 1 aromatic heterocycles. The third-order valence-electron chi connectivity index (χ3n) is 4.78. The van der Waals surface area contributed by atoms with Gasteiger partial charge in [0.2, 0.25) is 0 Å². The highest BCUT2D eigenvalue weighted by molar-refractivity contribution is 7.17. The molecule has 7 heteroatoms. The van der Waals surface area contributed by atoms with Gasteiger partial charge in [-0.3, -0.25) is 9.69 Å². The Balaban J connectivity index is 1.84. The molecule has 6 nitrogen and oxygen atoms in total. The van der Waals surface area contributed by atoms with Crippen molar-refractivity contribution in [2.24, 2.45) is 0 Å². The summed E-state index contributed by atoms with van der Waals surface area (Å²) in [5.41, 5.74) is 2.03. The topological polar surface area (TPSA) is 67.9 Å². The van der Waals surface area contributed by atoms with Gasteiger partial charge in [-0.25, -0.2) is 4.79 Å². The summed E-state index contributed by atoms with van der Waals surface area (Å²) in [6.07, 6.45) is 0.854.